The zero-order chi connectivity index (χ0) is 17.8. The monoisotopic (exact) mass is 373 g/mol. The van der Waals surface area contributed by atoms with Crippen molar-refractivity contribution in [1.82, 2.24) is 9.78 Å². The number of amides is 1. The molecule has 7 heteroatoms. The minimum Gasteiger partial charge on any atom is -0.320 e. The number of nitrogens with zero attached hydrogens (tertiary/aromatic N) is 2. The number of anilines is 1. The predicted octanol–water partition coefficient (Wildman–Crippen LogP) is 3.85. The van der Waals surface area contributed by atoms with Crippen LogP contribution in [0.5, 0.6) is 0 Å². The summed E-state index contributed by atoms with van der Waals surface area (Å²) in [4.78, 5) is 24.4. The van der Waals surface area contributed by atoms with Crippen LogP contribution in [0.15, 0.2) is 65.5 Å². The van der Waals surface area contributed by atoms with Gasteiger partial charge in [0.25, 0.3) is 11.5 Å². The zero-order valence-corrected chi connectivity index (χ0v) is 14.5. The Kier molecular flexibility index (Phi) is 5.16. The van der Waals surface area contributed by atoms with E-state index in [2.05, 4.69) is 10.4 Å². The first-order chi connectivity index (χ1) is 12.0. The summed E-state index contributed by atoms with van der Waals surface area (Å²) >= 11 is 11.8. The molecule has 126 valence electrons. The molecule has 0 radical (unpaired) electrons. The van der Waals surface area contributed by atoms with Crippen LogP contribution in [0.25, 0.3) is 0 Å². The Bertz CT molecular complexity index is 951. The normalized spacial score (nSPS) is 10.5. The minimum atomic E-state index is -0.458. The van der Waals surface area contributed by atoms with E-state index in [1.54, 1.807) is 18.2 Å². The predicted molar refractivity (Wildman–Crippen MR) is 98.5 cm³/mol. The first-order valence-electron chi connectivity index (χ1n) is 7.41. The third-order valence-corrected chi connectivity index (χ3v) is 3.83. The number of hydrogen-bond donors (Lipinski definition) is 1. The summed E-state index contributed by atoms with van der Waals surface area (Å²) in [5.41, 5.74) is 1.19. The molecule has 0 unspecified atom stereocenters. The van der Waals surface area contributed by atoms with E-state index in [1.807, 2.05) is 30.3 Å². The van der Waals surface area contributed by atoms with Crippen molar-refractivity contribution in [2.75, 3.05) is 5.32 Å². The average Bonchev–Trinajstić information content (AvgIpc) is 2.57. The molecule has 3 aromatic rings. The molecule has 0 saturated heterocycles. The van der Waals surface area contributed by atoms with Gasteiger partial charge in [0, 0.05) is 21.8 Å². The standard InChI is InChI=1S/C18H13Cl2N3O2/c19-13-8-14(20)10-15(9-13)21-18(25)16-6-7-17(24)23(22-16)11-12-4-2-1-3-5-12/h1-10H,11H2,(H,21,25). The van der Waals surface area contributed by atoms with E-state index in [-0.39, 0.29) is 17.8 Å². The van der Waals surface area contributed by atoms with Crippen LogP contribution in [0.3, 0.4) is 0 Å². The van der Waals surface area contributed by atoms with Gasteiger partial charge >= 0.3 is 0 Å². The summed E-state index contributed by atoms with van der Waals surface area (Å²) in [5, 5.41) is 7.61. The van der Waals surface area contributed by atoms with Gasteiger partial charge in [-0.1, -0.05) is 53.5 Å². The van der Waals surface area contributed by atoms with Crippen molar-refractivity contribution in [3.63, 3.8) is 0 Å². The van der Waals surface area contributed by atoms with Crippen LogP contribution >= 0.6 is 23.2 Å². The van der Waals surface area contributed by atoms with E-state index in [4.69, 9.17) is 23.2 Å². The summed E-state index contributed by atoms with van der Waals surface area (Å²) < 4.78 is 1.25. The average molecular weight is 374 g/mol. The quantitative estimate of drug-likeness (QED) is 0.755. The third kappa shape index (κ3) is 4.47. The highest BCUT2D eigenvalue weighted by Gasteiger charge is 2.11. The molecule has 5 nitrogen and oxygen atoms in total. The number of hydrogen-bond acceptors (Lipinski definition) is 3. The van der Waals surface area contributed by atoms with Crippen LogP contribution < -0.4 is 10.9 Å². The molecule has 1 amide bonds. The summed E-state index contributed by atoms with van der Waals surface area (Å²) in [5.74, 6) is -0.458. The fraction of sp³-hybridized carbons (Fsp3) is 0.0556. The molecule has 0 spiro atoms. The van der Waals surface area contributed by atoms with Crippen LogP contribution in [0.4, 0.5) is 5.69 Å². The Morgan fingerprint density at radius 3 is 2.36 bits per heavy atom. The van der Waals surface area contributed by atoms with Crippen molar-refractivity contribution >= 4 is 34.8 Å². The summed E-state index contributed by atoms with van der Waals surface area (Å²) in [6, 6.07) is 16.8. The lowest BCUT2D eigenvalue weighted by atomic mass is 10.2. The fourth-order valence-corrected chi connectivity index (χ4v) is 2.79. The highest BCUT2D eigenvalue weighted by molar-refractivity contribution is 6.35. The van der Waals surface area contributed by atoms with Crippen LogP contribution in [0.1, 0.15) is 16.1 Å². The zero-order valence-electron chi connectivity index (χ0n) is 12.9. The first-order valence-corrected chi connectivity index (χ1v) is 8.16. The van der Waals surface area contributed by atoms with E-state index < -0.39 is 5.91 Å². The van der Waals surface area contributed by atoms with E-state index in [0.29, 0.717) is 15.7 Å². The van der Waals surface area contributed by atoms with Crippen LogP contribution in [0.2, 0.25) is 10.0 Å². The third-order valence-electron chi connectivity index (χ3n) is 3.39. The SMILES string of the molecule is O=C(Nc1cc(Cl)cc(Cl)c1)c1ccc(=O)n(Cc2ccccc2)n1. The molecule has 0 bridgehead atoms. The van der Waals surface area contributed by atoms with Gasteiger partial charge in [-0.05, 0) is 29.8 Å². The van der Waals surface area contributed by atoms with Crippen molar-refractivity contribution in [1.29, 1.82) is 0 Å². The molecule has 0 fully saturated rings. The van der Waals surface area contributed by atoms with Gasteiger partial charge in [-0.25, -0.2) is 4.68 Å². The summed E-state index contributed by atoms with van der Waals surface area (Å²) in [7, 11) is 0. The van der Waals surface area contributed by atoms with Gasteiger partial charge in [-0.2, -0.15) is 5.10 Å². The smallest absolute Gasteiger partial charge is 0.276 e. The van der Waals surface area contributed by atoms with Crippen molar-refractivity contribution in [2.45, 2.75) is 6.54 Å². The molecule has 2 aromatic carbocycles. The highest BCUT2D eigenvalue weighted by atomic mass is 35.5. The molecule has 3 rings (SSSR count). The molecule has 1 heterocycles. The largest absolute Gasteiger partial charge is 0.320 e. The second kappa shape index (κ2) is 7.51. The van der Waals surface area contributed by atoms with Crippen molar-refractivity contribution < 1.29 is 4.79 Å². The molecule has 0 atom stereocenters. The Hall–Kier alpha value is -2.63. The molecule has 0 aliphatic carbocycles. The molecular weight excluding hydrogens is 361 g/mol. The number of carbonyl (C=O) groups excluding carboxylic acids is 1. The van der Waals surface area contributed by atoms with E-state index in [0.717, 1.165) is 5.56 Å². The lowest BCUT2D eigenvalue weighted by molar-refractivity contribution is 0.102. The lowest BCUT2D eigenvalue weighted by Gasteiger charge is -2.08. The summed E-state index contributed by atoms with van der Waals surface area (Å²) in [6.07, 6.45) is 0. The second-order valence-electron chi connectivity index (χ2n) is 5.31. The van der Waals surface area contributed by atoms with Crippen molar-refractivity contribution in [3.8, 4) is 0 Å². The van der Waals surface area contributed by atoms with Gasteiger partial charge in [-0.15, -0.1) is 0 Å². The molecule has 1 N–H and O–H groups in total. The number of halogens is 2. The maximum absolute atomic E-state index is 12.4. The Morgan fingerprint density at radius 2 is 1.68 bits per heavy atom. The minimum absolute atomic E-state index is 0.117. The number of benzene rings is 2. The highest BCUT2D eigenvalue weighted by Crippen LogP contribution is 2.22. The van der Waals surface area contributed by atoms with Gasteiger partial charge in [0.1, 0.15) is 5.69 Å². The van der Waals surface area contributed by atoms with Crippen LogP contribution in [-0.2, 0) is 6.54 Å². The number of rotatable bonds is 4. The Labute approximate surface area is 153 Å². The maximum Gasteiger partial charge on any atom is 0.276 e. The maximum atomic E-state index is 12.4. The molecule has 0 saturated carbocycles. The van der Waals surface area contributed by atoms with Crippen molar-refractivity contribution in [3.05, 3.63) is 92.3 Å². The van der Waals surface area contributed by atoms with Gasteiger partial charge in [0.15, 0.2) is 0 Å². The molecule has 0 aliphatic heterocycles. The molecule has 1 aromatic heterocycles. The van der Waals surface area contributed by atoms with Gasteiger partial charge in [0.2, 0.25) is 0 Å². The first kappa shape index (κ1) is 17.2. The number of aromatic nitrogens is 2. The second-order valence-corrected chi connectivity index (χ2v) is 6.19. The van der Waals surface area contributed by atoms with E-state index in [1.165, 1.54) is 16.8 Å². The summed E-state index contributed by atoms with van der Waals surface area (Å²) in [6.45, 7) is 0.282. The molecule has 25 heavy (non-hydrogen) atoms. The topological polar surface area (TPSA) is 64.0 Å². The van der Waals surface area contributed by atoms with E-state index >= 15 is 0 Å². The number of carbonyl (C=O) groups is 1. The molecule has 0 aliphatic rings. The fourth-order valence-electron chi connectivity index (χ4n) is 2.26. The Morgan fingerprint density at radius 1 is 1.00 bits per heavy atom. The van der Waals surface area contributed by atoms with Gasteiger partial charge < -0.3 is 5.32 Å². The van der Waals surface area contributed by atoms with Gasteiger partial charge in [-0.3, -0.25) is 9.59 Å². The van der Waals surface area contributed by atoms with Crippen LogP contribution in [0, 0.1) is 0 Å². The van der Waals surface area contributed by atoms with E-state index in [9.17, 15) is 9.59 Å². The molecular formula is C18H13Cl2N3O2. The number of nitrogens with one attached hydrogen (secondary N) is 1. The van der Waals surface area contributed by atoms with Crippen molar-refractivity contribution in [2.24, 2.45) is 0 Å². The van der Waals surface area contributed by atoms with Crippen LogP contribution in [-0.4, -0.2) is 15.7 Å². The Balaban J connectivity index is 1.83. The lowest BCUT2D eigenvalue weighted by Crippen LogP contribution is -2.26. The van der Waals surface area contributed by atoms with Gasteiger partial charge in [0.05, 0.1) is 6.54 Å².